The summed E-state index contributed by atoms with van der Waals surface area (Å²) in [5, 5.41) is 19.0. The topological polar surface area (TPSA) is 88.9 Å². The van der Waals surface area contributed by atoms with E-state index in [0.717, 1.165) is 33.6 Å². The SMILES string of the molecule is COCc1c(C(C)C)nc2c(c1-c1ccc(F)cc1)C=CC(CC(O)CC(=O)O)OC2C. The molecule has 172 valence electrons. The zero-order chi connectivity index (χ0) is 23.4. The van der Waals surface area contributed by atoms with Crippen molar-refractivity contribution in [2.24, 2.45) is 0 Å². The third-order valence-corrected chi connectivity index (χ3v) is 5.52. The third kappa shape index (κ3) is 5.41. The number of halogens is 1. The van der Waals surface area contributed by atoms with Crippen molar-refractivity contribution in [2.75, 3.05) is 7.11 Å². The van der Waals surface area contributed by atoms with Crippen molar-refractivity contribution in [3.63, 3.8) is 0 Å². The lowest BCUT2D eigenvalue weighted by atomic mass is 9.88. The predicted molar refractivity (Wildman–Crippen MR) is 120 cm³/mol. The molecule has 1 aliphatic heterocycles. The second-order valence-corrected chi connectivity index (χ2v) is 8.41. The number of aromatic nitrogens is 1. The number of rotatable bonds is 8. The monoisotopic (exact) mass is 443 g/mol. The van der Waals surface area contributed by atoms with Crippen molar-refractivity contribution in [1.82, 2.24) is 4.98 Å². The van der Waals surface area contributed by atoms with Crippen LogP contribution in [-0.2, 0) is 20.9 Å². The Kier molecular flexibility index (Phi) is 7.77. The van der Waals surface area contributed by atoms with Gasteiger partial charge in [-0.15, -0.1) is 0 Å². The molecule has 0 amide bonds. The Morgan fingerprint density at radius 1 is 1.28 bits per heavy atom. The number of aliphatic hydroxyl groups is 1. The van der Waals surface area contributed by atoms with E-state index in [2.05, 4.69) is 13.8 Å². The second kappa shape index (κ2) is 10.3. The van der Waals surface area contributed by atoms with Crippen LogP contribution in [0.2, 0.25) is 0 Å². The summed E-state index contributed by atoms with van der Waals surface area (Å²) in [6.07, 6.45) is 1.67. The van der Waals surface area contributed by atoms with Gasteiger partial charge in [-0.2, -0.15) is 0 Å². The zero-order valence-electron chi connectivity index (χ0n) is 18.8. The summed E-state index contributed by atoms with van der Waals surface area (Å²) in [5.74, 6) is -1.25. The highest BCUT2D eigenvalue weighted by Crippen LogP contribution is 2.40. The zero-order valence-corrected chi connectivity index (χ0v) is 18.8. The van der Waals surface area contributed by atoms with Crippen LogP contribution in [0.25, 0.3) is 17.2 Å². The van der Waals surface area contributed by atoms with Crippen molar-refractivity contribution in [3.05, 3.63) is 58.7 Å². The van der Waals surface area contributed by atoms with Crippen molar-refractivity contribution in [2.45, 2.75) is 64.4 Å². The van der Waals surface area contributed by atoms with Crippen LogP contribution in [0.3, 0.4) is 0 Å². The first-order valence-electron chi connectivity index (χ1n) is 10.8. The van der Waals surface area contributed by atoms with Crippen LogP contribution in [0.1, 0.15) is 68.1 Å². The van der Waals surface area contributed by atoms with Crippen LogP contribution >= 0.6 is 0 Å². The smallest absolute Gasteiger partial charge is 0.305 e. The summed E-state index contributed by atoms with van der Waals surface area (Å²) in [6, 6.07) is 6.34. The number of methoxy groups -OCH3 is 1. The van der Waals surface area contributed by atoms with Gasteiger partial charge in [0.25, 0.3) is 0 Å². The van der Waals surface area contributed by atoms with Gasteiger partial charge in [-0.25, -0.2) is 4.39 Å². The van der Waals surface area contributed by atoms with Crippen molar-refractivity contribution in [1.29, 1.82) is 0 Å². The molecule has 2 N–H and O–H groups in total. The molecule has 2 heterocycles. The van der Waals surface area contributed by atoms with Crippen LogP contribution in [0.15, 0.2) is 30.3 Å². The number of fused-ring (bicyclic) bond motifs is 1. The lowest BCUT2D eigenvalue weighted by molar-refractivity contribution is -0.139. The Bertz CT molecular complexity index is 987. The summed E-state index contributed by atoms with van der Waals surface area (Å²) in [7, 11) is 1.63. The number of carbonyl (C=O) groups is 1. The van der Waals surface area contributed by atoms with Crippen LogP contribution in [0.4, 0.5) is 4.39 Å². The Hall–Kier alpha value is -2.61. The lowest BCUT2D eigenvalue weighted by Crippen LogP contribution is -2.22. The average Bonchev–Trinajstić information content (AvgIpc) is 2.86. The maximum absolute atomic E-state index is 13.7. The molecule has 0 saturated heterocycles. The highest BCUT2D eigenvalue weighted by atomic mass is 19.1. The van der Waals surface area contributed by atoms with Gasteiger partial charge in [0.05, 0.1) is 37.0 Å². The number of pyridine rings is 1. The molecular weight excluding hydrogens is 413 g/mol. The van der Waals surface area contributed by atoms with E-state index in [-0.39, 0.29) is 24.6 Å². The molecule has 32 heavy (non-hydrogen) atoms. The fraction of sp³-hybridized carbons (Fsp3) is 0.440. The first kappa shape index (κ1) is 24.0. The molecule has 0 radical (unpaired) electrons. The van der Waals surface area contributed by atoms with E-state index in [0.29, 0.717) is 6.61 Å². The van der Waals surface area contributed by atoms with Gasteiger partial charge in [-0.1, -0.05) is 38.1 Å². The van der Waals surface area contributed by atoms with Crippen LogP contribution in [-0.4, -0.2) is 40.5 Å². The van der Waals surface area contributed by atoms with E-state index in [9.17, 15) is 14.3 Å². The molecule has 0 saturated carbocycles. The Morgan fingerprint density at radius 3 is 2.56 bits per heavy atom. The standard InChI is InChI=1S/C25H30FNO5/c1-14(2)24-21(13-31-4)23(16-5-7-17(26)8-6-16)20-10-9-19(11-18(28)12-22(29)30)32-15(3)25(20)27-24/h5-10,14-15,18-19,28H,11-13H2,1-4H3,(H,29,30). The number of ether oxygens (including phenoxy) is 2. The number of nitrogens with zero attached hydrogens (tertiary/aromatic N) is 1. The highest BCUT2D eigenvalue weighted by molar-refractivity contribution is 5.80. The first-order valence-corrected chi connectivity index (χ1v) is 10.8. The van der Waals surface area contributed by atoms with Gasteiger partial charge in [-0.3, -0.25) is 9.78 Å². The third-order valence-electron chi connectivity index (χ3n) is 5.52. The number of aliphatic hydroxyl groups excluding tert-OH is 1. The quantitative estimate of drug-likeness (QED) is 0.606. The number of hydrogen-bond acceptors (Lipinski definition) is 5. The molecule has 1 aromatic heterocycles. The largest absolute Gasteiger partial charge is 0.481 e. The molecule has 6 nitrogen and oxygen atoms in total. The Balaban J connectivity index is 2.15. The van der Waals surface area contributed by atoms with Gasteiger partial charge in [0.15, 0.2) is 0 Å². The van der Waals surface area contributed by atoms with Crippen molar-refractivity contribution < 1.29 is 28.9 Å². The normalized spacial score (nSPS) is 19.0. The van der Waals surface area contributed by atoms with Gasteiger partial charge < -0.3 is 19.7 Å². The van der Waals surface area contributed by atoms with E-state index in [1.165, 1.54) is 12.1 Å². The molecule has 7 heteroatoms. The number of benzene rings is 1. The molecular formula is C25H30FNO5. The van der Waals surface area contributed by atoms with Gasteiger partial charge in [-0.05, 0) is 36.1 Å². The predicted octanol–water partition coefficient (Wildman–Crippen LogP) is 4.86. The van der Waals surface area contributed by atoms with Gasteiger partial charge in [0.2, 0.25) is 0 Å². The number of carboxylic acids is 1. The summed E-state index contributed by atoms with van der Waals surface area (Å²) < 4.78 is 25.3. The van der Waals surface area contributed by atoms with E-state index >= 15 is 0 Å². The fourth-order valence-electron chi connectivity index (χ4n) is 4.13. The maximum atomic E-state index is 13.7. The highest BCUT2D eigenvalue weighted by Gasteiger charge is 2.28. The molecule has 0 fully saturated rings. The number of carboxylic acid groups (broad SMARTS) is 1. The number of hydrogen-bond donors (Lipinski definition) is 2. The molecule has 0 aliphatic carbocycles. The van der Waals surface area contributed by atoms with Gasteiger partial charge in [0, 0.05) is 30.4 Å². The van der Waals surface area contributed by atoms with E-state index in [1.807, 2.05) is 19.1 Å². The summed E-state index contributed by atoms with van der Waals surface area (Å²) in [5.41, 5.74) is 5.20. The molecule has 3 unspecified atom stereocenters. The molecule has 3 rings (SSSR count). The Morgan fingerprint density at radius 2 is 1.97 bits per heavy atom. The molecule has 3 atom stereocenters. The van der Waals surface area contributed by atoms with E-state index in [4.69, 9.17) is 19.6 Å². The lowest BCUT2D eigenvalue weighted by Gasteiger charge is -2.24. The fourth-order valence-corrected chi connectivity index (χ4v) is 4.13. The summed E-state index contributed by atoms with van der Waals surface area (Å²) >= 11 is 0. The number of aliphatic carboxylic acids is 1. The minimum Gasteiger partial charge on any atom is -0.481 e. The van der Waals surface area contributed by atoms with Crippen molar-refractivity contribution in [3.8, 4) is 11.1 Å². The van der Waals surface area contributed by atoms with Crippen LogP contribution in [0.5, 0.6) is 0 Å². The molecule has 1 aliphatic rings. The Labute approximate surface area is 187 Å². The summed E-state index contributed by atoms with van der Waals surface area (Å²) in [6.45, 7) is 6.37. The molecule has 2 aromatic rings. The second-order valence-electron chi connectivity index (χ2n) is 8.41. The van der Waals surface area contributed by atoms with Crippen LogP contribution < -0.4 is 0 Å². The van der Waals surface area contributed by atoms with Crippen LogP contribution in [0, 0.1) is 5.82 Å². The minimum absolute atomic E-state index is 0.122. The first-order chi connectivity index (χ1) is 15.2. The van der Waals surface area contributed by atoms with Gasteiger partial charge in [0.1, 0.15) is 5.82 Å². The molecule has 0 bridgehead atoms. The molecule has 0 spiro atoms. The average molecular weight is 444 g/mol. The van der Waals surface area contributed by atoms with Gasteiger partial charge >= 0.3 is 5.97 Å². The molecule has 1 aromatic carbocycles. The van der Waals surface area contributed by atoms with E-state index in [1.54, 1.807) is 19.2 Å². The minimum atomic E-state index is -1.06. The maximum Gasteiger partial charge on any atom is 0.305 e. The van der Waals surface area contributed by atoms with Crippen molar-refractivity contribution >= 4 is 12.0 Å². The van der Waals surface area contributed by atoms with E-state index < -0.39 is 24.3 Å². The summed E-state index contributed by atoms with van der Waals surface area (Å²) in [4.78, 5) is 15.9.